The number of carboxylic acid groups (broad SMARTS) is 1. The summed E-state index contributed by atoms with van der Waals surface area (Å²) in [5.74, 6) is -1.25. The summed E-state index contributed by atoms with van der Waals surface area (Å²) in [5.41, 5.74) is 0.878. The Balaban J connectivity index is 2.18. The average molecular weight is 369 g/mol. The third-order valence-electron chi connectivity index (χ3n) is 5.03. The molecule has 7 heteroatoms. The first kappa shape index (κ1) is 18.6. The van der Waals surface area contributed by atoms with E-state index in [-0.39, 0.29) is 39.1 Å². The minimum absolute atomic E-state index is 0.0641. The Bertz CT molecular complexity index is 959. The van der Waals surface area contributed by atoms with Gasteiger partial charge in [-0.1, -0.05) is 26.0 Å². The number of carbonyl (C=O) groups excluding carboxylic acids is 1. The highest BCUT2D eigenvalue weighted by molar-refractivity contribution is 6.11. The number of carboxylic acids is 1. The fraction of sp³-hybridized carbons (Fsp3) is 0.300. The molecule has 1 heterocycles. The first-order valence-electron chi connectivity index (χ1n) is 8.47. The summed E-state index contributed by atoms with van der Waals surface area (Å²) in [5, 5.41) is 20.7. The van der Waals surface area contributed by atoms with Crippen LogP contribution >= 0.6 is 0 Å². The molecule has 3 rings (SSSR count). The van der Waals surface area contributed by atoms with Crippen molar-refractivity contribution in [2.45, 2.75) is 32.6 Å². The van der Waals surface area contributed by atoms with E-state index in [0.717, 1.165) is 0 Å². The van der Waals surface area contributed by atoms with Crippen LogP contribution in [0.4, 0.5) is 5.69 Å². The zero-order valence-electron chi connectivity index (χ0n) is 15.2. The molecule has 2 aromatic rings. The van der Waals surface area contributed by atoms with Gasteiger partial charge in [0.1, 0.15) is 0 Å². The number of nitro benzene ring substituents is 1. The molecule has 0 saturated carbocycles. The highest BCUT2D eigenvalue weighted by atomic mass is 16.6. The summed E-state index contributed by atoms with van der Waals surface area (Å²) in [4.78, 5) is 35.2. The van der Waals surface area contributed by atoms with E-state index in [1.807, 2.05) is 13.8 Å². The van der Waals surface area contributed by atoms with E-state index in [1.54, 1.807) is 6.07 Å². The van der Waals surface area contributed by atoms with Crippen molar-refractivity contribution in [1.29, 1.82) is 0 Å². The molecule has 0 fully saturated rings. The number of nitrogens with zero attached hydrogens (tertiary/aromatic N) is 1. The van der Waals surface area contributed by atoms with E-state index < -0.39 is 16.7 Å². The minimum Gasteiger partial charge on any atom is -0.487 e. The summed E-state index contributed by atoms with van der Waals surface area (Å²) < 4.78 is 5.60. The van der Waals surface area contributed by atoms with Crippen LogP contribution in [0.15, 0.2) is 30.3 Å². The predicted molar refractivity (Wildman–Crippen MR) is 97.8 cm³/mol. The monoisotopic (exact) mass is 369 g/mol. The summed E-state index contributed by atoms with van der Waals surface area (Å²) in [7, 11) is 0. The third kappa shape index (κ3) is 3.16. The second-order valence-corrected chi connectivity index (χ2v) is 7.23. The topological polar surface area (TPSA) is 107 Å². The number of ether oxygens (including phenoxy) is 1. The highest BCUT2D eigenvalue weighted by Crippen LogP contribution is 2.46. The van der Waals surface area contributed by atoms with Crippen molar-refractivity contribution in [2.75, 3.05) is 6.61 Å². The maximum atomic E-state index is 13.0. The second kappa shape index (κ2) is 6.50. The van der Waals surface area contributed by atoms with Crippen molar-refractivity contribution in [3.8, 4) is 5.75 Å². The first-order chi connectivity index (χ1) is 12.6. The van der Waals surface area contributed by atoms with Gasteiger partial charge in [-0.2, -0.15) is 0 Å². The minimum atomic E-state index is -1.09. The van der Waals surface area contributed by atoms with Gasteiger partial charge in [0.15, 0.2) is 5.78 Å². The second-order valence-electron chi connectivity index (χ2n) is 7.23. The van der Waals surface area contributed by atoms with Crippen LogP contribution in [0.5, 0.6) is 5.75 Å². The number of ketones is 1. The smallest absolute Gasteiger partial charge is 0.335 e. The van der Waals surface area contributed by atoms with Crippen molar-refractivity contribution in [3.63, 3.8) is 0 Å². The molecule has 1 aliphatic heterocycles. The number of aromatic carboxylic acids is 1. The van der Waals surface area contributed by atoms with E-state index in [9.17, 15) is 19.7 Å². The zero-order valence-corrected chi connectivity index (χ0v) is 15.2. The van der Waals surface area contributed by atoms with Gasteiger partial charge in [-0.05, 0) is 37.0 Å². The summed E-state index contributed by atoms with van der Waals surface area (Å²) in [6.07, 6.45) is 0.682. The Morgan fingerprint density at radius 2 is 1.78 bits per heavy atom. The average Bonchev–Trinajstić information content (AvgIpc) is 2.60. The number of hydrogen-bond donors (Lipinski definition) is 1. The van der Waals surface area contributed by atoms with E-state index in [2.05, 4.69) is 0 Å². The summed E-state index contributed by atoms with van der Waals surface area (Å²) >= 11 is 0. The van der Waals surface area contributed by atoms with Crippen LogP contribution in [0.25, 0.3) is 0 Å². The van der Waals surface area contributed by atoms with Crippen LogP contribution in [-0.2, 0) is 5.41 Å². The van der Waals surface area contributed by atoms with Gasteiger partial charge in [0.2, 0.25) is 5.75 Å². The molecular weight excluding hydrogens is 350 g/mol. The van der Waals surface area contributed by atoms with E-state index in [0.29, 0.717) is 18.6 Å². The predicted octanol–water partition coefficient (Wildman–Crippen LogP) is 3.89. The molecule has 0 atom stereocenters. The molecule has 0 amide bonds. The molecular formula is C20H19NO6. The normalized spacial score (nSPS) is 14.8. The molecule has 0 aromatic heterocycles. The maximum absolute atomic E-state index is 13.0. The lowest BCUT2D eigenvalue weighted by atomic mass is 9.77. The van der Waals surface area contributed by atoms with Crippen LogP contribution in [0, 0.1) is 17.0 Å². The lowest BCUT2D eigenvalue weighted by Gasteiger charge is -2.32. The number of fused-ring (bicyclic) bond motifs is 1. The van der Waals surface area contributed by atoms with Crippen LogP contribution in [0.1, 0.15) is 57.7 Å². The van der Waals surface area contributed by atoms with Gasteiger partial charge >= 0.3 is 11.7 Å². The number of rotatable bonds is 4. The lowest BCUT2D eigenvalue weighted by molar-refractivity contribution is -0.386. The van der Waals surface area contributed by atoms with Crippen molar-refractivity contribution >= 4 is 17.4 Å². The quantitative estimate of drug-likeness (QED) is 0.498. The van der Waals surface area contributed by atoms with Gasteiger partial charge in [0, 0.05) is 22.3 Å². The Morgan fingerprint density at radius 3 is 2.33 bits per heavy atom. The standard InChI is InChI=1S/C20H19NO6/c1-11-14(17(22)12-4-6-13(7-5-12)19(23)24)10-15-18(16(11)21(25)26)27-9-8-20(15,2)3/h4-7,10H,8-9H2,1-3H3,(H,23,24). The number of benzene rings is 2. The van der Waals surface area contributed by atoms with Crippen molar-refractivity contribution in [3.05, 3.63) is 68.3 Å². The van der Waals surface area contributed by atoms with Crippen molar-refractivity contribution in [2.24, 2.45) is 0 Å². The van der Waals surface area contributed by atoms with Crippen LogP contribution in [-0.4, -0.2) is 28.4 Å². The first-order valence-corrected chi connectivity index (χ1v) is 8.47. The molecule has 0 spiro atoms. The zero-order chi connectivity index (χ0) is 19.9. The largest absolute Gasteiger partial charge is 0.487 e. The van der Waals surface area contributed by atoms with E-state index in [4.69, 9.17) is 9.84 Å². The van der Waals surface area contributed by atoms with Gasteiger partial charge < -0.3 is 9.84 Å². The van der Waals surface area contributed by atoms with Gasteiger partial charge in [0.05, 0.1) is 17.1 Å². The molecule has 0 radical (unpaired) electrons. The van der Waals surface area contributed by atoms with Crippen molar-refractivity contribution in [1.82, 2.24) is 0 Å². The van der Waals surface area contributed by atoms with Crippen LogP contribution in [0.2, 0.25) is 0 Å². The van der Waals surface area contributed by atoms with Crippen LogP contribution < -0.4 is 4.74 Å². The lowest BCUT2D eigenvalue weighted by Crippen LogP contribution is -2.28. The highest BCUT2D eigenvalue weighted by Gasteiger charge is 2.37. The molecule has 7 nitrogen and oxygen atoms in total. The fourth-order valence-electron chi connectivity index (χ4n) is 3.31. The molecule has 0 aliphatic carbocycles. The Hall–Kier alpha value is -3.22. The van der Waals surface area contributed by atoms with Gasteiger partial charge in [-0.15, -0.1) is 0 Å². The van der Waals surface area contributed by atoms with Gasteiger partial charge in [-0.3, -0.25) is 14.9 Å². The SMILES string of the molecule is Cc1c(C(=O)c2ccc(C(=O)O)cc2)cc2c(c1[N+](=O)[O-])OCCC2(C)C. The molecule has 27 heavy (non-hydrogen) atoms. The molecule has 2 aromatic carbocycles. The number of nitro groups is 1. The third-order valence-corrected chi connectivity index (χ3v) is 5.03. The van der Waals surface area contributed by atoms with Crippen LogP contribution in [0.3, 0.4) is 0 Å². The molecule has 140 valence electrons. The molecule has 1 N–H and O–H groups in total. The van der Waals surface area contributed by atoms with Crippen molar-refractivity contribution < 1.29 is 24.4 Å². The Morgan fingerprint density at radius 1 is 1.19 bits per heavy atom. The summed E-state index contributed by atoms with van der Waals surface area (Å²) in [6, 6.07) is 7.18. The van der Waals surface area contributed by atoms with E-state index in [1.165, 1.54) is 31.2 Å². The number of hydrogen-bond acceptors (Lipinski definition) is 5. The van der Waals surface area contributed by atoms with E-state index >= 15 is 0 Å². The molecule has 1 aliphatic rings. The molecule has 0 saturated heterocycles. The number of carbonyl (C=O) groups is 2. The van der Waals surface area contributed by atoms with Gasteiger partial charge in [0.25, 0.3) is 0 Å². The fourth-order valence-corrected chi connectivity index (χ4v) is 3.31. The Kier molecular flexibility index (Phi) is 4.47. The van der Waals surface area contributed by atoms with Gasteiger partial charge in [-0.25, -0.2) is 4.79 Å². The summed E-state index contributed by atoms with van der Waals surface area (Å²) in [6.45, 7) is 5.83. The maximum Gasteiger partial charge on any atom is 0.335 e. The Labute approximate surface area is 155 Å². The molecule has 0 bridgehead atoms. The molecule has 0 unspecified atom stereocenters.